The molecule has 1 N–H and O–H groups in total. The number of nitrogens with zero attached hydrogens (tertiary/aromatic N) is 3. The highest BCUT2D eigenvalue weighted by atomic mass is 79.9. The highest BCUT2D eigenvalue weighted by Gasteiger charge is 2.42. The second kappa shape index (κ2) is 8.76. The van der Waals surface area contributed by atoms with E-state index in [4.69, 9.17) is 12.2 Å². The Kier molecular flexibility index (Phi) is 5.81. The molecule has 0 amide bonds. The third-order valence-electron chi connectivity index (χ3n) is 6.28. The van der Waals surface area contributed by atoms with Gasteiger partial charge in [0.15, 0.2) is 5.11 Å². The van der Waals surface area contributed by atoms with Crippen LogP contribution in [0.1, 0.15) is 40.3 Å². The highest BCUT2D eigenvalue weighted by Crippen LogP contribution is 2.43. The van der Waals surface area contributed by atoms with Crippen LogP contribution in [0.5, 0.6) is 0 Å². The fourth-order valence-corrected chi connectivity index (χ4v) is 5.34. The summed E-state index contributed by atoms with van der Waals surface area (Å²) in [5.41, 5.74) is 8.05. The molecule has 1 saturated heterocycles. The second-order valence-electron chi connectivity index (χ2n) is 8.47. The van der Waals surface area contributed by atoms with E-state index in [2.05, 4.69) is 117 Å². The number of rotatable bonds is 4. The van der Waals surface area contributed by atoms with Crippen LogP contribution in [0.25, 0.3) is 5.69 Å². The molecule has 166 valence electrons. The molecule has 2 aromatic heterocycles. The molecule has 2 atom stereocenters. The van der Waals surface area contributed by atoms with E-state index in [0.29, 0.717) is 5.11 Å². The molecule has 0 radical (unpaired) electrons. The minimum absolute atomic E-state index is 0.0227. The van der Waals surface area contributed by atoms with Crippen LogP contribution in [0.4, 0.5) is 5.69 Å². The lowest BCUT2D eigenvalue weighted by Crippen LogP contribution is -2.29. The standard InChI is InChI=1S/C27H25BrN4S/c1-17-7-11-22(12-8-17)32-26(25(30-27(32)33)24-6-4-5-15-29-24)23-16-18(2)31(19(23)3)21-13-9-20(28)10-14-21/h4-16,25-26H,1-3H3,(H,30,33)/t25-,26+/m0/s1. The van der Waals surface area contributed by atoms with Gasteiger partial charge in [0.25, 0.3) is 0 Å². The first kappa shape index (κ1) is 21.9. The maximum Gasteiger partial charge on any atom is 0.174 e. The molecule has 0 unspecified atom stereocenters. The first-order valence-corrected chi connectivity index (χ1v) is 12.2. The van der Waals surface area contributed by atoms with Gasteiger partial charge >= 0.3 is 0 Å². The lowest BCUT2D eigenvalue weighted by molar-refractivity contribution is 0.565. The van der Waals surface area contributed by atoms with Crippen molar-refractivity contribution >= 4 is 38.9 Å². The predicted octanol–water partition coefficient (Wildman–Crippen LogP) is 6.74. The number of aryl methyl sites for hydroxylation is 2. The van der Waals surface area contributed by atoms with Crippen LogP contribution in [-0.4, -0.2) is 14.7 Å². The van der Waals surface area contributed by atoms with Gasteiger partial charge in [0, 0.05) is 33.4 Å². The Labute approximate surface area is 208 Å². The zero-order chi connectivity index (χ0) is 23.1. The molecule has 33 heavy (non-hydrogen) atoms. The Morgan fingerprint density at radius 3 is 2.27 bits per heavy atom. The zero-order valence-corrected chi connectivity index (χ0v) is 21.2. The van der Waals surface area contributed by atoms with Crippen molar-refractivity contribution in [2.24, 2.45) is 0 Å². The summed E-state index contributed by atoms with van der Waals surface area (Å²) in [6.07, 6.45) is 1.84. The summed E-state index contributed by atoms with van der Waals surface area (Å²) < 4.78 is 3.38. The van der Waals surface area contributed by atoms with Crippen molar-refractivity contribution in [3.63, 3.8) is 0 Å². The first-order chi connectivity index (χ1) is 15.9. The summed E-state index contributed by atoms with van der Waals surface area (Å²) in [5, 5.41) is 4.28. The van der Waals surface area contributed by atoms with Crippen molar-refractivity contribution < 1.29 is 0 Å². The SMILES string of the molecule is Cc1ccc(N2C(=S)N[C@@H](c3ccccn3)[C@H]2c2cc(C)n(-c3ccc(Br)cc3)c2C)cc1. The Morgan fingerprint density at radius 1 is 0.909 bits per heavy atom. The second-order valence-corrected chi connectivity index (χ2v) is 9.77. The monoisotopic (exact) mass is 516 g/mol. The van der Waals surface area contributed by atoms with Gasteiger partial charge in [0.1, 0.15) is 0 Å². The molecule has 0 spiro atoms. The molecule has 1 fully saturated rings. The van der Waals surface area contributed by atoms with E-state index in [1.165, 1.54) is 22.5 Å². The minimum Gasteiger partial charge on any atom is -0.351 e. The summed E-state index contributed by atoms with van der Waals surface area (Å²) in [4.78, 5) is 6.92. The van der Waals surface area contributed by atoms with Crippen LogP contribution in [-0.2, 0) is 0 Å². The first-order valence-electron chi connectivity index (χ1n) is 11.0. The molecule has 4 nitrogen and oxygen atoms in total. The summed E-state index contributed by atoms with van der Waals surface area (Å²) >= 11 is 9.42. The number of aromatic nitrogens is 2. The quantitative estimate of drug-likeness (QED) is 0.304. The van der Waals surface area contributed by atoms with Crippen molar-refractivity contribution in [3.05, 3.63) is 112 Å². The van der Waals surface area contributed by atoms with Crippen molar-refractivity contribution in [2.75, 3.05) is 4.90 Å². The molecule has 5 rings (SSSR count). The summed E-state index contributed by atoms with van der Waals surface area (Å²) in [7, 11) is 0. The molecular weight excluding hydrogens is 492 g/mol. The Hall–Kier alpha value is -2.96. The number of hydrogen-bond acceptors (Lipinski definition) is 2. The highest BCUT2D eigenvalue weighted by molar-refractivity contribution is 9.10. The van der Waals surface area contributed by atoms with E-state index in [0.717, 1.165) is 21.5 Å². The third-order valence-corrected chi connectivity index (χ3v) is 7.13. The number of pyridine rings is 1. The fourth-order valence-electron chi connectivity index (χ4n) is 4.73. The maximum absolute atomic E-state index is 5.88. The molecule has 1 aliphatic rings. The molecule has 0 aliphatic carbocycles. The zero-order valence-electron chi connectivity index (χ0n) is 18.8. The van der Waals surface area contributed by atoms with Crippen LogP contribution in [0.3, 0.4) is 0 Å². The smallest absolute Gasteiger partial charge is 0.174 e. The number of hydrogen-bond donors (Lipinski definition) is 1. The van der Waals surface area contributed by atoms with E-state index in [-0.39, 0.29) is 12.1 Å². The van der Waals surface area contributed by atoms with Crippen molar-refractivity contribution in [1.82, 2.24) is 14.9 Å². The molecule has 1 aliphatic heterocycles. The van der Waals surface area contributed by atoms with Gasteiger partial charge in [-0.1, -0.05) is 39.7 Å². The lowest BCUT2D eigenvalue weighted by Gasteiger charge is -2.28. The van der Waals surface area contributed by atoms with Crippen LogP contribution in [0.15, 0.2) is 83.5 Å². The van der Waals surface area contributed by atoms with E-state index in [1.54, 1.807) is 0 Å². The van der Waals surface area contributed by atoms with Crippen molar-refractivity contribution in [3.8, 4) is 5.69 Å². The van der Waals surface area contributed by atoms with Gasteiger partial charge in [-0.3, -0.25) is 4.98 Å². The fraction of sp³-hybridized carbons (Fsp3) is 0.185. The third kappa shape index (κ3) is 3.98. The van der Waals surface area contributed by atoms with Crippen molar-refractivity contribution in [1.29, 1.82) is 0 Å². The molecule has 4 aromatic rings. The topological polar surface area (TPSA) is 33.1 Å². The number of nitrogens with one attached hydrogen (secondary N) is 1. The number of thiocarbonyl (C=S) groups is 1. The summed E-state index contributed by atoms with van der Waals surface area (Å²) in [5.74, 6) is 0. The summed E-state index contributed by atoms with van der Waals surface area (Å²) in [6.45, 7) is 6.45. The van der Waals surface area contributed by atoms with Crippen LogP contribution in [0.2, 0.25) is 0 Å². The van der Waals surface area contributed by atoms with E-state index in [9.17, 15) is 0 Å². The van der Waals surface area contributed by atoms with Gasteiger partial charge in [-0.05, 0) is 93.1 Å². The minimum atomic E-state index is -0.0566. The van der Waals surface area contributed by atoms with Gasteiger partial charge in [-0.15, -0.1) is 0 Å². The molecular formula is C27H25BrN4S. The van der Waals surface area contributed by atoms with Gasteiger partial charge < -0.3 is 14.8 Å². The summed E-state index contributed by atoms with van der Waals surface area (Å²) in [6, 6.07) is 25.2. The average molecular weight is 517 g/mol. The van der Waals surface area contributed by atoms with Gasteiger partial charge in [0.05, 0.1) is 17.8 Å². The maximum atomic E-state index is 5.88. The van der Waals surface area contributed by atoms with E-state index < -0.39 is 0 Å². The van der Waals surface area contributed by atoms with Crippen LogP contribution in [0, 0.1) is 20.8 Å². The number of anilines is 1. The molecule has 2 aromatic carbocycles. The Bertz CT molecular complexity index is 1300. The number of benzene rings is 2. The van der Waals surface area contributed by atoms with Gasteiger partial charge in [0.2, 0.25) is 0 Å². The lowest BCUT2D eigenvalue weighted by atomic mass is 9.96. The van der Waals surface area contributed by atoms with Crippen molar-refractivity contribution in [2.45, 2.75) is 32.9 Å². The van der Waals surface area contributed by atoms with E-state index >= 15 is 0 Å². The normalized spacial score (nSPS) is 17.9. The Balaban J connectivity index is 1.67. The van der Waals surface area contributed by atoms with Gasteiger partial charge in [-0.2, -0.15) is 0 Å². The molecule has 3 heterocycles. The predicted molar refractivity (Wildman–Crippen MR) is 142 cm³/mol. The number of halogens is 1. The molecule has 6 heteroatoms. The molecule has 0 saturated carbocycles. The Morgan fingerprint density at radius 2 is 1.61 bits per heavy atom. The van der Waals surface area contributed by atoms with E-state index in [1.807, 2.05) is 18.3 Å². The molecule has 0 bridgehead atoms. The van der Waals surface area contributed by atoms with Crippen LogP contribution < -0.4 is 10.2 Å². The largest absolute Gasteiger partial charge is 0.351 e. The van der Waals surface area contributed by atoms with Gasteiger partial charge in [-0.25, -0.2) is 0 Å². The van der Waals surface area contributed by atoms with Crippen LogP contribution >= 0.6 is 28.1 Å². The average Bonchev–Trinajstić information content (AvgIpc) is 3.31.